The normalized spacial score (nSPS) is 22.2. The maximum absolute atomic E-state index is 12.7. The van der Waals surface area contributed by atoms with Gasteiger partial charge in [0.15, 0.2) is 23.2 Å². The van der Waals surface area contributed by atoms with Crippen LogP contribution in [0.2, 0.25) is 0 Å². The lowest BCUT2D eigenvalue weighted by atomic mass is 9.87. The second kappa shape index (κ2) is 19.6. The fourth-order valence-corrected chi connectivity index (χ4v) is 7.63. The Morgan fingerprint density at radius 2 is 1.74 bits per heavy atom. The van der Waals surface area contributed by atoms with Crippen molar-refractivity contribution < 1.29 is 75.7 Å². The zero-order valence-corrected chi connectivity index (χ0v) is 32.3. The molecule has 0 aliphatic carbocycles. The highest BCUT2D eigenvalue weighted by atomic mass is 32.1. The topological polar surface area (TPSA) is 345 Å². The van der Waals surface area contributed by atoms with Crippen molar-refractivity contribution in [1.82, 2.24) is 35.5 Å². The van der Waals surface area contributed by atoms with Gasteiger partial charge in [0, 0.05) is 43.8 Å². The number of aromatic nitrogens is 4. The average Bonchev–Trinajstić information content (AvgIpc) is 3.63. The highest BCUT2D eigenvalue weighted by Gasteiger charge is 2.50. The van der Waals surface area contributed by atoms with Crippen molar-refractivity contribution in [1.29, 1.82) is 0 Å². The Balaban J connectivity index is 1.64. The Bertz CT molecular complexity index is 1680. The summed E-state index contributed by atoms with van der Waals surface area (Å²) >= 11 is 3.96. The minimum absolute atomic E-state index is 0.0994. The van der Waals surface area contributed by atoms with Crippen LogP contribution in [0.25, 0.3) is 11.2 Å². The molecule has 7 atom stereocenters. The van der Waals surface area contributed by atoms with Gasteiger partial charge in [0.05, 0.1) is 19.5 Å². The van der Waals surface area contributed by atoms with Crippen molar-refractivity contribution in [3.63, 3.8) is 0 Å². The van der Waals surface area contributed by atoms with Crippen LogP contribution in [0, 0.1) is 5.41 Å². The van der Waals surface area contributed by atoms with E-state index in [9.17, 15) is 53.1 Å². The molecule has 1 aliphatic heterocycles. The second-order valence-corrected chi connectivity index (χ2v) is 16.7. The highest BCUT2D eigenvalue weighted by molar-refractivity contribution is 7.80. The summed E-state index contributed by atoms with van der Waals surface area (Å²) in [5.41, 5.74) is -1.21. The Morgan fingerprint density at radius 3 is 2.40 bits per heavy atom. The largest absolute Gasteiger partial charge is 0.481 e. The Kier molecular flexibility index (Phi) is 16.8. The fourth-order valence-electron chi connectivity index (χ4n) is 4.69. The van der Waals surface area contributed by atoms with Gasteiger partial charge < -0.3 is 55.8 Å². The van der Waals surface area contributed by atoms with Crippen LogP contribution in [0.3, 0.4) is 0 Å². The van der Waals surface area contributed by atoms with Crippen LogP contribution in [0.5, 0.6) is 0 Å². The molecule has 1 saturated heterocycles. The number of carbonyl (C=O) groups excluding carboxylic acids is 2. The van der Waals surface area contributed by atoms with Gasteiger partial charge in [0.2, 0.25) is 11.8 Å². The lowest BCUT2D eigenvalue weighted by Gasteiger charge is -2.30. The molecule has 10 N–H and O–H groups in total. The molecule has 302 valence electrons. The van der Waals surface area contributed by atoms with Crippen molar-refractivity contribution >= 4 is 64.9 Å². The summed E-state index contributed by atoms with van der Waals surface area (Å²) in [6, 6.07) is 0. The number of phosphoric acid groups is 3. The Hall–Kier alpha value is -2.15. The highest BCUT2D eigenvalue weighted by Crippen LogP contribution is 2.61. The van der Waals surface area contributed by atoms with Crippen LogP contribution in [0.4, 0.5) is 5.82 Å². The van der Waals surface area contributed by atoms with Crippen LogP contribution < -0.4 is 21.3 Å². The first-order chi connectivity index (χ1) is 24.7. The number of hydrogen-bond donors (Lipinski definition) is 11. The summed E-state index contributed by atoms with van der Waals surface area (Å²) in [4.78, 5) is 75.9. The monoisotopic (exact) mass is 838 g/mol. The first-order valence-electron chi connectivity index (χ1n) is 15.9. The number of aliphatic hydroxyl groups excluding tert-OH is 2. The van der Waals surface area contributed by atoms with Gasteiger partial charge in [0.1, 0.15) is 30.7 Å². The molecule has 1 fully saturated rings. The molecular formula is C25H45N8O16P3S. The van der Waals surface area contributed by atoms with Crippen LogP contribution in [0.15, 0.2) is 12.7 Å². The van der Waals surface area contributed by atoms with Gasteiger partial charge >= 0.3 is 23.5 Å². The van der Waals surface area contributed by atoms with E-state index in [2.05, 4.69) is 53.2 Å². The molecular weight excluding hydrogens is 793 g/mol. The molecule has 2 amide bonds. The van der Waals surface area contributed by atoms with Crippen LogP contribution in [-0.4, -0.2) is 137 Å². The number of nitrogens with one attached hydrogen (secondary N) is 4. The van der Waals surface area contributed by atoms with Gasteiger partial charge in [0.25, 0.3) is 0 Å². The van der Waals surface area contributed by atoms with E-state index in [0.29, 0.717) is 31.2 Å². The SMILES string of the molecule is CCNCCNc1ncnc2c1ncn2[C@@H]1O[C@H](COP(=O)(O)OP(=O)(O)OCC(C)(C)[C@@H](O)C(=O)NCCC(=O)NCCS)[C@@H](OP(=O)(O)O)[C@H]1O. The maximum Gasteiger partial charge on any atom is 0.481 e. The third kappa shape index (κ3) is 13.8. The number of phosphoric ester groups is 3. The van der Waals surface area contributed by atoms with Crippen molar-refractivity contribution in [2.75, 3.05) is 57.0 Å². The van der Waals surface area contributed by atoms with Gasteiger partial charge in [-0.3, -0.25) is 27.7 Å². The predicted molar refractivity (Wildman–Crippen MR) is 186 cm³/mol. The minimum Gasteiger partial charge on any atom is -0.386 e. The third-order valence-electron chi connectivity index (χ3n) is 7.33. The summed E-state index contributed by atoms with van der Waals surface area (Å²) in [5, 5.41) is 32.6. The molecule has 1 aliphatic rings. The fraction of sp³-hybridized carbons (Fsp3) is 0.720. The predicted octanol–water partition coefficient (Wildman–Crippen LogP) is -1.23. The third-order valence-corrected chi connectivity index (χ3v) is 10.7. The van der Waals surface area contributed by atoms with Crippen molar-refractivity contribution in [3.05, 3.63) is 12.7 Å². The number of hydrogen-bond acceptors (Lipinski definition) is 18. The van der Waals surface area contributed by atoms with Crippen LogP contribution >= 0.6 is 36.1 Å². The number of amides is 2. The number of rotatable bonds is 23. The molecule has 28 heteroatoms. The zero-order valence-electron chi connectivity index (χ0n) is 28.7. The molecule has 0 bridgehead atoms. The van der Waals surface area contributed by atoms with Crippen molar-refractivity contribution in [2.24, 2.45) is 5.41 Å². The number of nitrogens with zero attached hydrogens (tertiary/aromatic N) is 4. The van der Waals surface area contributed by atoms with E-state index in [0.717, 1.165) is 6.54 Å². The van der Waals surface area contributed by atoms with E-state index in [1.807, 2.05) is 6.92 Å². The maximum atomic E-state index is 12.7. The van der Waals surface area contributed by atoms with E-state index in [1.54, 1.807) is 0 Å². The summed E-state index contributed by atoms with van der Waals surface area (Å²) < 4.78 is 62.5. The summed E-state index contributed by atoms with van der Waals surface area (Å²) in [6.45, 7) is 4.51. The zero-order chi connectivity index (χ0) is 39.6. The molecule has 0 radical (unpaired) electrons. The van der Waals surface area contributed by atoms with Gasteiger partial charge in [-0.25, -0.2) is 28.6 Å². The molecule has 0 spiro atoms. The van der Waals surface area contributed by atoms with Gasteiger partial charge in [-0.2, -0.15) is 16.9 Å². The quantitative estimate of drug-likeness (QED) is 0.0355. The van der Waals surface area contributed by atoms with E-state index in [4.69, 9.17) is 18.3 Å². The van der Waals surface area contributed by atoms with Gasteiger partial charge in [-0.1, -0.05) is 20.8 Å². The van der Waals surface area contributed by atoms with E-state index in [-0.39, 0.29) is 30.0 Å². The van der Waals surface area contributed by atoms with E-state index >= 15 is 0 Å². The molecule has 3 heterocycles. The Labute approximate surface area is 308 Å². The number of likely N-dealkylation sites (N-methyl/N-ethyl adjacent to an activating group) is 1. The average molecular weight is 839 g/mol. The van der Waals surface area contributed by atoms with E-state index in [1.165, 1.54) is 31.1 Å². The first kappa shape index (κ1) is 45.2. The smallest absolute Gasteiger partial charge is 0.386 e. The first-order valence-corrected chi connectivity index (χ1v) is 21.0. The molecule has 2 aromatic heterocycles. The minimum atomic E-state index is -5.55. The van der Waals surface area contributed by atoms with Crippen molar-refractivity contribution in [2.45, 2.75) is 57.8 Å². The van der Waals surface area contributed by atoms with E-state index < -0.39 is 78.6 Å². The molecule has 3 rings (SSSR count). The molecule has 53 heavy (non-hydrogen) atoms. The van der Waals surface area contributed by atoms with Crippen molar-refractivity contribution in [3.8, 4) is 0 Å². The molecule has 0 saturated carbocycles. The standard InChI is InChI=1S/C25H45N8O16P3S/c1-4-26-7-8-28-21-17-22(31-13-30-21)33(14-32-17)24-18(35)19(48-50(38,39)40)15(47-24)11-45-51(41,42)49-52(43,44)46-12-25(2,3)20(36)23(37)29-6-5-16(34)27-9-10-53/h13-15,18-20,24,26,35-36,53H,4-12H2,1-3H3,(H,27,34)(H,29,37)(H,41,42)(H,43,44)(H,28,30,31)(H2,38,39,40)/t15-,18-,19-,20+,24-/m1/s1. The van der Waals surface area contributed by atoms with Crippen LogP contribution in [-0.2, 0) is 45.9 Å². The number of thiol groups is 1. The number of aliphatic hydroxyl groups is 2. The molecule has 0 aromatic carbocycles. The summed E-state index contributed by atoms with van der Waals surface area (Å²) in [5.74, 6) is -0.569. The summed E-state index contributed by atoms with van der Waals surface area (Å²) in [6.07, 6.45) is -6.50. The number of anilines is 1. The number of carbonyl (C=O) groups is 2. The summed E-state index contributed by atoms with van der Waals surface area (Å²) in [7, 11) is -16.3. The lowest BCUT2D eigenvalue weighted by molar-refractivity contribution is -0.137. The molecule has 2 aromatic rings. The van der Waals surface area contributed by atoms with Gasteiger partial charge in [-0.05, 0) is 6.54 Å². The number of fused-ring (bicyclic) bond motifs is 1. The van der Waals surface area contributed by atoms with Crippen LogP contribution in [0.1, 0.15) is 33.4 Å². The second-order valence-electron chi connectivity index (χ2n) is 12.0. The Morgan fingerprint density at radius 1 is 1.04 bits per heavy atom. The number of imidazole rings is 1. The molecule has 24 nitrogen and oxygen atoms in total. The lowest BCUT2D eigenvalue weighted by Crippen LogP contribution is -2.46. The number of ether oxygens (including phenoxy) is 1. The van der Waals surface area contributed by atoms with Gasteiger partial charge in [-0.15, -0.1) is 0 Å². The molecule has 2 unspecified atom stereocenters.